The number of nitrogens with one attached hydrogen (secondary N) is 2. The van der Waals surface area contributed by atoms with Gasteiger partial charge in [0.1, 0.15) is 11.6 Å². The molecule has 0 spiro atoms. The van der Waals surface area contributed by atoms with E-state index < -0.39 is 0 Å². The third-order valence-electron chi connectivity index (χ3n) is 2.30. The summed E-state index contributed by atoms with van der Waals surface area (Å²) in [7, 11) is 1.59. The van der Waals surface area contributed by atoms with Crippen LogP contribution >= 0.6 is 0 Å². The van der Waals surface area contributed by atoms with Crippen LogP contribution in [0.3, 0.4) is 0 Å². The quantitative estimate of drug-likeness (QED) is 0.402. The fourth-order valence-corrected chi connectivity index (χ4v) is 1.30. The van der Waals surface area contributed by atoms with Crippen LogP contribution < -0.4 is 11.1 Å². The Morgan fingerprint density at radius 1 is 1.56 bits per heavy atom. The molecule has 0 fully saturated rings. The van der Waals surface area contributed by atoms with Crippen LogP contribution in [0.2, 0.25) is 0 Å². The lowest BCUT2D eigenvalue weighted by Gasteiger charge is -2.11. The molecule has 0 saturated heterocycles. The first kappa shape index (κ1) is 12.1. The van der Waals surface area contributed by atoms with E-state index in [9.17, 15) is 0 Å². The minimum Gasteiger partial charge on any atom is -0.500 e. The number of rotatable bonds is 5. The van der Waals surface area contributed by atoms with Crippen LogP contribution in [0.15, 0.2) is 30.5 Å². The predicted molar refractivity (Wildman–Crippen MR) is 66.8 cm³/mol. The maximum absolute atomic E-state index is 7.33. The molecule has 4 nitrogen and oxygen atoms in total. The molecule has 0 saturated carbocycles. The number of anilines is 1. The van der Waals surface area contributed by atoms with Crippen molar-refractivity contribution in [2.75, 3.05) is 19.0 Å². The summed E-state index contributed by atoms with van der Waals surface area (Å²) in [5, 5.41) is 10.5. The van der Waals surface area contributed by atoms with E-state index in [2.05, 4.69) is 11.9 Å². The van der Waals surface area contributed by atoms with Gasteiger partial charge in [-0.3, -0.25) is 5.41 Å². The second-order valence-corrected chi connectivity index (χ2v) is 3.54. The maximum Gasteiger partial charge on any atom is 0.122 e. The van der Waals surface area contributed by atoms with E-state index >= 15 is 0 Å². The third-order valence-corrected chi connectivity index (χ3v) is 2.30. The highest BCUT2D eigenvalue weighted by Gasteiger charge is 2.02. The molecular formula is C12H17N3O. The number of methoxy groups -OCH3 is 1. The third kappa shape index (κ3) is 3.02. The van der Waals surface area contributed by atoms with E-state index in [1.54, 1.807) is 7.11 Å². The molecule has 1 rings (SSSR count). The fourth-order valence-electron chi connectivity index (χ4n) is 1.30. The number of hydrogen-bond acceptors (Lipinski definition) is 3. The molecule has 0 heterocycles. The van der Waals surface area contributed by atoms with Gasteiger partial charge in [0.25, 0.3) is 0 Å². The SMILES string of the molecule is C=C(CNc1ccc(C(=N)N)cc1C)OC. The van der Waals surface area contributed by atoms with Gasteiger partial charge in [-0.2, -0.15) is 0 Å². The van der Waals surface area contributed by atoms with Gasteiger partial charge in [-0.1, -0.05) is 6.58 Å². The van der Waals surface area contributed by atoms with E-state index in [0.717, 1.165) is 16.8 Å². The summed E-state index contributed by atoms with van der Waals surface area (Å²) in [5.41, 5.74) is 8.16. The summed E-state index contributed by atoms with van der Waals surface area (Å²) in [6.07, 6.45) is 0. The molecule has 0 aliphatic carbocycles. The Balaban J connectivity index is 2.75. The molecule has 1 aromatic carbocycles. The van der Waals surface area contributed by atoms with Crippen molar-refractivity contribution >= 4 is 11.5 Å². The number of benzene rings is 1. The molecule has 0 aromatic heterocycles. The highest BCUT2D eigenvalue weighted by Crippen LogP contribution is 2.16. The summed E-state index contributed by atoms with van der Waals surface area (Å²) in [5.74, 6) is 0.756. The summed E-state index contributed by atoms with van der Waals surface area (Å²) in [4.78, 5) is 0. The Labute approximate surface area is 95.6 Å². The van der Waals surface area contributed by atoms with Crippen molar-refractivity contribution in [3.63, 3.8) is 0 Å². The lowest BCUT2D eigenvalue weighted by molar-refractivity contribution is 0.291. The van der Waals surface area contributed by atoms with Crippen LogP contribution in [-0.2, 0) is 4.74 Å². The van der Waals surface area contributed by atoms with Crippen molar-refractivity contribution in [3.05, 3.63) is 41.7 Å². The van der Waals surface area contributed by atoms with Gasteiger partial charge in [0.15, 0.2) is 0 Å². The molecule has 0 atom stereocenters. The van der Waals surface area contributed by atoms with Gasteiger partial charge in [0.2, 0.25) is 0 Å². The largest absolute Gasteiger partial charge is 0.500 e. The van der Waals surface area contributed by atoms with Gasteiger partial charge in [-0.25, -0.2) is 0 Å². The second-order valence-electron chi connectivity index (χ2n) is 3.54. The molecule has 4 N–H and O–H groups in total. The van der Waals surface area contributed by atoms with Gasteiger partial charge in [-0.15, -0.1) is 0 Å². The topological polar surface area (TPSA) is 71.1 Å². The highest BCUT2D eigenvalue weighted by atomic mass is 16.5. The lowest BCUT2D eigenvalue weighted by Crippen LogP contribution is -2.12. The first-order valence-electron chi connectivity index (χ1n) is 4.95. The van der Waals surface area contributed by atoms with Gasteiger partial charge < -0.3 is 15.8 Å². The first-order chi connectivity index (χ1) is 7.54. The first-order valence-corrected chi connectivity index (χ1v) is 4.95. The Hall–Kier alpha value is -1.97. The average Bonchev–Trinajstić information content (AvgIpc) is 2.26. The predicted octanol–water partition coefficient (Wildman–Crippen LogP) is 1.85. The van der Waals surface area contributed by atoms with Crippen molar-refractivity contribution in [3.8, 4) is 0 Å². The van der Waals surface area contributed by atoms with E-state index in [4.69, 9.17) is 15.9 Å². The summed E-state index contributed by atoms with van der Waals surface area (Å²) in [6, 6.07) is 5.59. The van der Waals surface area contributed by atoms with Gasteiger partial charge in [0, 0.05) is 11.3 Å². The standard InChI is InChI=1S/C12H17N3O/c1-8-6-10(12(13)14)4-5-11(8)15-7-9(2)16-3/h4-6,15H,2,7H2,1,3H3,(H3,13,14). The molecular weight excluding hydrogens is 202 g/mol. The van der Waals surface area contributed by atoms with Gasteiger partial charge in [-0.05, 0) is 30.7 Å². The van der Waals surface area contributed by atoms with Gasteiger partial charge >= 0.3 is 0 Å². The van der Waals surface area contributed by atoms with Crippen LogP contribution in [0.25, 0.3) is 0 Å². The molecule has 0 unspecified atom stereocenters. The molecule has 4 heteroatoms. The normalized spacial score (nSPS) is 9.62. The van der Waals surface area contributed by atoms with E-state index in [-0.39, 0.29) is 5.84 Å². The van der Waals surface area contributed by atoms with Crippen LogP contribution in [0.5, 0.6) is 0 Å². The molecule has 0 aliphatic heterocycles. The number of amidine groups is 1. The second kappa shape index (κ2) is 5.21. The van der Waals surface area contributed by atoms with E-state index in [1.807, 2.05) is 25.1 Å². The van der Waals surface area contributed by atoms with Crippen LogP contribution in [0.1, 0.15) is 11.1 Å². The zero-order valence-corrected chi connectivity index (χ0v) is 9.63. The number of aryl methyl sites for hydroxylation is 1. The summed E-state index contributed by atoms with van der Waals surface area (Å²) >= 11 is 0. The van der Waals surface area contributed by atoms with Crippen molar-refractivity contribution in [2.45, 2.75) is 6.92 Å². The Kier molecular flexibility index (Phi) is 3.94. The zero-order chi connectivity index (χ0) is 12.1. The molecule has 0 radical (unpaired) electrons. The highest BCUT2D eigenvalue weighted by molar-refractivity contribution is 5.95. The van der Waals surface area contributed by atoms with E-state index in [1.165, 1.54) is 0 Å². The molecule has 86 valence electrons. The molecule has 0 amide bonds. The number of nitrogen functional groups attached to an aromatic ring is 1. The van der Waals surface area contributed by atoms with Crippen LogP contribution in [-0.4, -0.2) is 19.5 Å². The Morgan fingerprint density at radius 2 is 2.25 bits per heavy atom. The minimum atomic E-state index is 0.0796. The van der Waals surface area contributed by atoms with E-state index in [0.29, 0.717) is 12.3 Å². The van der Waals surface area contributed by atoms with Crippen LogP contribution in [0.4, 0.5) is 5.69 Å². The van der Waals surface area contributed by atoms with Gasteiger partial charge in [0.05, 0.1) is 13.7 Å². The average molecular weight is 219 g/mol. The lowest BCUT2D eigenvalue weighted by atomic mass is 10.1. The molecule has 0 aliphatic rings. The van der Waals surface area contributed by atoms with Crippen molar-refractivity contribution < 1.29 is 4.74 Å². The van der Waals surface area contributed by atoms with Crippen molar-refractivity contribution in [1.82, 2.24) is 0 Å². The monoisotopic (exact) mass is 219 g/mol. The number of nitrogens with two attached hydrogens (primary N) is 1. The van der Waals surface area contributed by atoms with Crippen LogP contribution in [0, 0.1) is 12.3 Å². The van der Waals surface area contributed by atoms with Crippen molar-refractivity contribution in [2.24, 2.45) is 5.73 Å². The summed E-state index contributed by atoms with van der Waals surface area (Å²) in [6.45, 7) is 6.25. The molecule has 1 aromatic rings. The number of ether oxygens (including phenoxy) is 1. The zero-order valence-electron chi connectivity index (χ0n) is 9.63. The molecule has 0 bridgehead atoms. The van der Waals surface area contributed by atoms with Crippen molar-refractivity contribution in [1.29, 1.82) is 5.41 Å². The Morgan fingerprint density at radius 3 is 2.75 bits per heavy atom. The minimum absolute atomic E-state index is 0.0796. The smallest absolute Gasteiger partial charge is 0.122 e. The number of hydrogen-bond donors (Lipinski definition) is 3. The fraction of sp³-hybridized carbons (Fsp3) is 0.250. The summed E-state index contributed by atoms with van der Waals surface area (Å²) < 4.78 is 4.96. The molecule has 16 heavy (non-hydrogen) atoms. The maximum atomic E-state index is 7.33. The Bertz CT molecular complexity index is 413.